The number of thiazole rings is 1. The van der Waals surface area contributed by atoms with Crippen molar-refractivity contribution >= 4 is 23.4 Å². The van der Waals surface area contributed by atoms with E-state index in [1.807, 2.05) is 19.1 Å². The van der Waals surface area contributed by atoms with Gasteiger partial charge in [-0.05, 0) is 12.5 Å². The molecule has 0 amide bonds. The predicted molar refractivity (Wildman–Crippen MR) is 66.1 cm³/mol. The first-order valence-electron chi connectivity index (χ1n) is 5.09. The van der Waals surface area contributed by atoms with Crippen LogP contribution in [0.2, 0.25) is 0 Å². The number of benzene rings is 1. The highest BCUT2D eigenvalue weighted by molar-refractivity contribution is 7.11. The second-order valence-corrected chi connectivity index (χ2v) is 4.58. The van der Waals surface area contributed by atoms with Crippen LogP contribution in [-0.2, 0) is 4.79 Å². The summed E-state index contributed by atoms with van der Waals surface area (Å²) in [7, 11) is 0. The normalized spacial score (nSPS) is 12.1. The summed E-state index contributed by atoms with van der Waals surface area (Å²) in [5.41, 5.74) is 3.33. The topological polar surface area (TPSA) is 47.0 Å². The highest BCUT2D eigenvalue weighted by atomic mass is 32.1. The first-order chi connectivity index (χ1) is 8.22. The van der Waals surface area contributed by atoms with Crippen molar-refractivity contribution in [2.45, 2.75) is 12.8 Å². The maximum absolute atomic E-state index is 12.0. The molecule has 1 radical (unpaired) electrons. The Morgan fingerprint density at radius 3 is 2.59 bits per heavy atom. The number of hydrogen-bond acceptors (Lipinski definition) is 4. The van der Waals surface area contributed by atoms with E-state index in [1.54, 1.807) is 23.9 Å². The first kappa shape index (κ1) is 11.7. The summed E-state index contributed by atoms with van der Waals surface area (Å²) in [6.45, 7) is 1.95. The Labute approximate surface area is 103 Å². The fourth-order valence-electron chi connectivity index (χ4n) is 1.51. The molecule has 2 rings (SSSR count). The molecule has 3 nitrogen and oxygen atoms in total. The highest BCUT2D eigenvalue weighted by Crippen LogP contribution is 2.21. The smallest absolute Gasteiger partial charge is 0.214 e. The number of carbonyl (C=O) groups excluding carboxylic acids is 2. The lowest BCUT2D eigenvalue weighted by Gasteiger charge is -2.07. The fourth-order valence-corrected chi connectivity index (χ4v) is 2.10. The third-order valence-corrected chi connectivity index (χ3v) is 3.25. The Morgan fingerprint density at radius 1 is 1.35 bits per heavy atom. The van der Waals surface area contributed by atoms with Gasteiger partial charge in [0.25, 0.3) is 0 Å². The van der Waals surface area contributed by atoms with Crippen molar-refractivity contribution in [2.24, 2.45) is 0 Å². The number of hydrogen-bond donors (Lipinski definition) is 0. The number of carbonyl (C=O) groups is 1. The van der Waals surface area contributed by atoms with Crippen LogP contribution in [0.15, 0.2) is 36.0 Å². The molecular weight excluding hydrogens is 234 g/mol. The molecule has 1 atom stereocenters. The molecule has 0 spiro atoms. The average Bonchev–Trinajstić information content (AvgIpc) is 2.86. The molecule has 0 aliphatic heterocycles. The van der Waals surface area contributed by atoms with E-state index in [0.29, 0.717) is 10.4 Å². The van der Waals surface area contributed by atoms with E-state index in [4.69, 9.17) is 0 Å². The highest BCUT2D eigenvalue weighted by Gasteiger charge is 2.23. The number of ketones is 1. The third-order valence-electron chi connectivity index (χ3n) is 2.47. The molecule has 85 valence electrons. The number of aromatic nitrogens is 1. The van der Waals surface area contributed by atoms with Gasteiger partial charge in [0.1, 0.15) is 5.92 Å². The minimum atomic E-state index is -0.851. The van der Waals surface area contributed by atoms with Crippen molar-refractivity contribution in [3.63, 3.8) is 0 Å². The van der Waals surface area contributed by atoms with Crippen LogP contribution in [0.25, 0.3) is 0 Å². The molecule has 1 heterocycles. The second-order valence-electron chi connectivity index (χ2n) is 3.69. The summed E-state index contributed by atoms with van der Waals surface area (Å²) in [5, 5.41) is 0. The molecule has 4 heteroatoms. The van der Waals surface area contributed by atoms with Gasteiger partial charge in [-0.25, -0.2) is 0 Å². The average molecular weight is 244 g/mol. The van der Waals surface area contributed by atoms with Gasteiger partial charge in [-0.3, -0.25) is 14.6 Å². The van der Waals surface area contributed by atoms with Crippen molar-refractivity contribution in [1.82, 2.24) is 4.98 Å². The zero-order valence-electron chi connectivity index (χ0n) is 9.21. The molecule has 2 aromatic rings. The zero-order chi connectivity index (χ0) is 12.3. The summed E-state index contributed by atoms with van der Waals surface area (Å²) in [6.07, 6.45) is 3.28. The lowest BCUT2D eigenvalue weighted by atomic mass is 9.95. The molecule has 1 unspecified atom stereocenters. The Bertz CT molecular complexity index is 517. The summed E-state index contributed by atoms with van der Waals surface area (Å²) in [5.74, 6) is -1.09. The molecule has 0 saturated carbocycles. The summed E-state index contributed by atoms with van der Waals surface area (Å²) in [6, 6.07) is 7.31. The SMILES string of the molecule is Cc1ccc(C([C]=O)C(=O)c2cncs2)cc1. The van der Waals surface area contributed by atoms with Crippen LogP contribution < -0.4 is 0 Å². The van der Waals surface area contributed by atoms with Gasteiger partial charge in [0.05, 0.1) is 10.4 Å². The van der Waals surface area contributed by atoms with Gasteiger partial charge in [-0.15, -0.1) is 11.3 Å². The Morgan fingerprint density at radius 2 is 2.06 bits per heavy atom. The number of aryl methyl sites for hydroxylation is 1. The van der Waals surface area contributed by atoms with Crippen molar-refractivity contribution in [3.05, 3.63) is 52.0 Å². The van der Waals surface area contributed by atoms with Crippen LogP contribution in [0.3, 0.4) is 0 Å². The van der Waals surface area contributed by atoms with Crippen molar-refractivity contribution in [1.29, 1.82) is 0 Å². The molecule has 0 fully saturated rings. The lowest BCUT2D eigenvalue weighted by molar-refractivity contribution is 0.0985. The monoisotopic (exact) mass is 244 g/mol. The van der Waals surface area contributed by atoms with Crippen LogP contribution >= 0.6 is 11.3 Å². The summed E-state index contributed by atoms with van der Waals surface area (Å²) < 4.78 is 0. The fraction of sp³-hybridized carbons (Fsp3) is 0.154. The Hall–Kier alpha value is -1.81. The molecule has 1 aromatic heterocycles. The van der Waals surface area contributed by atoms with E-state index in [0.717, 1.165) is 5.56 Å². The first-order valence-corrected chi connectivity index (χ1v) is 5.97. The summed E-state index contributed by atoms with van der Waals surface area (Å²) >= 11 is 1.23. The molecule has 0 aliphatic rings. The maximum atomic E-state index is 12.0. The van der Waals surface area contributed by atoms with Crippen LogP contribution in [-0.4, -0.2) is 17.1 Å². The quantitative estimate of drug-likeness (QED) is 0.613. The second kappa shape index (κ2) is 5.01. The third kappa shape index (κ3) is 2.47. The van der Waals surface area contributed by atoms with Gasteiger partial charge in [0.2, 0.25) is 6.29 Å². The standard InChI is InChI=1S/C13H10NO2S/c1-9-2-4-10(5-3-9)11(7-15)13(16)12-6-14-8-17-12/h2-6,8,11H,1H3. The van der Waals surface area contributed by atoms with E-state index in [9.17, 15) is 9.59 Å². The largest absolute Gasteiger partial charge is 0.292 e. The van der Waals surface area contributed by atoms with Gasteiger partial charge >= 0.3 is 0 Å². The van der Waals surface area contributed by atoms with Gasteiger partial charge in [0, 0.05) is 6.20 Å². The van der Waals surface area contributed by atoms with Gasteiger partial charge in [0.15, 0.2) is 5.78 Å². The van der Waals surface area contributed by atoms with E-state index in [1.165, 1.54) is 17.5 Å². The van der Waals surface area contributed by atoms with Crippen LogP contribution in [0.4, 0.5) is 0 Å². The maximum Gasteiger partial charge on any atom is 0.214 e. The molecule has 1 aromatic carbocycles. The van der Waals surface area contributed by atoms with Crippen LogP contribution in [0.1, 0.15) is 26.7 Å². The molecule has 0 aliphatic carbocycles. The zero-order valence-corrected chi connectivity index (χ0v) is 10.0. The van der Waals surface area contributed by atoms with E-state index < -0.39 is 5.92 Å². The Balaban J connectivity index is 2.31. The van der Waals surface area contributed by atoms with Crippen molar-refractivity contribution in [2.75, 3.05) is 0 Å². The van der Waals surface area contributed by atoms with Crippen LogP contribution in [0, 0.1) is 6.92 Å². The predicted octanol–water partition coefficient (Wildman–Crippen LogP) is 2.53. The molecule has 0 saturated heterocycles. The molecular formula is C13H10NO2S. The van der Waals surface area contributed by atoms with Crippen molar-refractivity contribution in [3.8, 4) is 0 Å². The molecule has 0 N–H and O–H groups in total. The van der Waals surface area contributed by atoms with E-state index in [2.05, 4.69) is 4.98 Å². The van der Waals surface area contributed by atoms with Gasteiger partial charge in [-0.1, -0.05) is 29.8 Å². The minimum Gasteiger partial charge on any atom is -0.292 e. The summed E-state index contributed by atoms with van der Waals surface area (Å²) in [4.78, 5) is 27.3. The minimum absolute atomic E-state index is 0.244. The van der Waals surface area contributed by atoms with Gasteiger partial charge < -0.3 is 0 Å². The van der Waals surface area contributed by atoms with Crippen molar-refractivity contribution < 1.29 is 9.59 Å². The van der Waals surface area contributed by atoms with E-state index >= 15 is 0 Å². The molecule has 17 heavy (non-hydrogen) atoms. The number of rotatable bonds is 4. The van der Waals surface area contributed by atoms with E-state index in [-0.39, 0.29) is 5.78 Å². The van der Waals surface area contributed by atoms with Gasteiger partial charge in [-0.2, -0.15) is 0 Å². The number of nitrogens with zero attached hydrogens (tertiary/aromatic N) is 1. The lowest BCUT2D eigenvalue weighted by Crippen LogP contribution is -2.13. The number of Topliss-reactive ketones (excluding diaryl/α,β-unsaturated/α-hetero) is 1. The molecule has 0 bridgehead atoms. The van der Waals surface area contributed by atoms with Crippen LogP contribution in [0.5, 0.6) is 0 Å². The Kier molecular flexibility index (Phi) is 3.44.